The minimum Gasteiger partial charge on any atom is -0.411 e. The monoisotopic (exact) mass is 246 g/mol. The second kappa shape index (κ2) is 8.64. The van der Waals surface area contributed by atoms with Crippen LogP contribution in [0.1, 0.15) is 0 Å². The van der Waals surface area contributed by atoms with E-state index in [9.17, 15) is 0 Å². The van der Waals surface area contributed by atoms with Gasteiger partial charge >= 0.3 is 26.7 Å². The van der Waals surface area contributed by atoms with Crippen LogP contribution in [0.3, 0.4) is 0 Å². The molecule has 0 fully saturated rings. The standard InChI is InChI=1S/C2H8O2Si.CH6O3Si.O2Si/c2*1-5(2,3)4;1-3-2/h3-4H,1-2H3;2-4H,1H3;. The molecule has 0 aromatic carbocycles. The van der Waals surface area contributed by atoms with Gasteiger partial charge in [-0.2, -0.15) is 0 Å². The average Bonchev–Trinajstić information content (AvgIpc) is 1.52. The molecular weight excluding hydrogens is 232 g/mol. The molecule has 0 radical (unpaired) electrons. The molecule has 0 aromatic rings. The zero-order chi connectivity index (χ0) is 11.7. The highest BCUT2D eigenvalue weighted by molar-refractivity contribution is 6.61. The Bertz CT molecular complexity index is 116. The normalized spacial score (nSPS) is 9.85. The van der Waals surface area contributed by atoms with Crippen LogP contribution in [0.2, 0.25) is 19.6 Å². The maximum absolute atomic E-state index is 8.40. The molecule has 7 nitrogen and oxygen atoms in total. The van der Waals surface area contributed by atoms with Gasteiger partial charge in [-0.1, -0.05) is 0 Å². The lowest BCUT2D eigenvalue weighted by Gasteiger charge is -1.97. The number of rotatable bonds is 0. The highest BCUT2D eigenvalue weighted by atomic mass is 28.4. The van der Waals surface area contributed by atoms with Gasteiger partial charge in [0.25, 0.3) is 0 Å². The molecule has 0 saturated carbocycles. The Morgan fingerprint density at radius 1 is 0.846 bits per heavy atom. The molecule has 0 bridgehead atoms. The summed E-state index contributed by atoms with van der Waals surface area (Å²) in [5, 5.41) is 0. The van der Waals surface area contributed by atoms with E-state index in [1.807, 2.05) is 0 Å². The van der Waals surface area contributed by atoms with E-state index in [1.54, 1.807) is 0 Å². The van der Waals surface area contributed by atoms with Crippen molar-refractivity contribution in [2.75, 3.05) is 0 Å². The third kappa shape index (κ3) is 475000. The summed E-state index contributed by atoms with van der Waals surface area (Å²) in [6, 6.07) is 0. The number of hydrogen-bond donors (Lipinski definition) is 5. The van der Waals surface area contributed by atoms with Gasteiger partial charge in [0.1, 0.15) is 0 Å². The van der Waals surface area contributed by atoms with Crippen LogP contribution < -0.4 is 0 Å². The summed E-state index contributed by atoms with van der Waals surface area (Å²) in [6.45, 7) is 3.87. The number of hydrogen-bond acceptors (Lipinski definition) is 7. The molecular formula is C3H14O7Si3. The summed E-state index contributed by atoms with van der Waals surface area (Å²) < 4.78 is 16.8. The molecule has 0 aliphatic carbocycles. The van der Waals surface area contributed by atoms with Crippen LogP contribution in [0.5, 0.6) is 0 Å². The van der Waals surface area contributed by atoms with Crippen molar-refractivity contribution in [3.05, 3.63) is 0 Å². The average molecular weight is 246 g/mol. The van der Waals surface area contributed by atoms with Crippen molar-refractivity contribution in [2.45, 2.75) is 19.6 Å². The Morgan fingerprint density at radius 2 is 0.846 bits per heavy atom. The van der Waals surface area contributed by atoms with Crippen molar-refractivity contribution >= 4 is 26.7 Å². The van der Waals surface area contributed by atoms with Gasteiger partial charge in [-0.3, -0.25) is 8.92 Å². The first-order valence-electron chi connectivity index (χ1n) is 3.03. The third-order valence-corrected chi connectivity index (χ3v) is 0. The zero-order valence-corrected chi connectivity index (χ0v) is 10.6. The predicted octanol–water partition coefficient (Wildman–Crippen LogP) is -2.41. The van der Waals surface area contributed by atoms with E-state index in [0.29, 0.717) is 0 Å². The molecule has 0 atom stereocenters. The highest BCUT2D eigenvalue weighted by Crippen LogP contribution is 1.82. The first kappa shape index (κ1) is 18.8. The van der Waals surface area contributed by atoms with Gasteiger partial charge in [-0.25, -0.2) is 0 Å². The van der Waals surface area contributed by atoms with Gasteiger partial charge < -0.3 is 24.0 Å². The van der Waals surface area contributed by atoms with E-state index in [4.69, 9.17) is 32.9 Å². The van der Waals surface area contributed by atoms with Crippen molar-refractivity contribution in [3.63, 3.8) is 0 Å². The molecule has 0 saturated heterocycles. The Morgan fingerprint density at radius 3 is 0.846 bits per heavy atom. The van der Waals surface area contributed by atoms with Gasteiger partial charge in [0.15, 0.2) is 0 Å². The summed E-state index contributed by atoms with van der Waals surface area (Å²) in [5.41, 5.74) is 0. The molecule has 0 aliphatic rings. The van der Waals surface area contributed by atoms with Gasteiger partial charge in [-0.15, -0.1) is 0 Å². The Balaban J connectivity index is -0.000000120. The fraction of sp³-hybridized carbons (Fsp3) is 1.00. The zero-order valence-electron chi connectivity index (χ0n) is 7.55. The minimum absolute atomic E-state index is 0.993. The maximum Gasteiger partial charge on any atom is 0.549 e. The molecule has 0 aromatic heterocycles. The predicted molar refractivity (Wildman–Crippen MR) is 47.3 cm³/mol. The molecule has 0 rings (SSSR count). The van der Waals surface area contributed by atoms with E-state index in [-0.39, 0.29) is 0 Å². The second-order valence-corrected chi connectivity index (χ2v) is 7.65. The largest absolute Gasteiger partial charge is 0.549 e. The lowest BCUT2D eigenvalue weighted by molar-refractivity contribution is 0.239. The molecule has 0 aliphatic heterocycles. The molecule has 0 amide bonds. The topological polar surface area (TPSA) is 135 Å². The smallest absolute Gasteiger partial charge is 0.411 e. The fourth-order valence-corrected chi connectivity index (χ4v) is 0. The van der Waals surface area contributed by atoms with Crippen molar-refractivity contribution in [1.82, 2.24) is 0 Å². The second-order valence-electron chi connectivity index (χ2n) is 2.55. The van der Waals surface area contributed by atoms with E-state index < -0.39 is 26.7 Å². The van der Waals surface area contributed by atoms with Gasteiger partial charge in [0.05, 0.1) is 0 Å². The first-order chi connectivity index (χ1) is 5.41. The van der Waals surface area contributed by atoms with Gasteiger partial charge in [-0.05, 0) is 13.1 Å². The Labute approximate surface area is 79.9 Å². The van der Waals surface area contributed by atoms with Crippen LogP contribution in [-0.2, 0) is 8.92 Å². The molecule has 0 heterocycles. The summed E-state index contributed by atoms with van der Waals surface area (Å²) in [4.78, 5) is 39.7. The fourth-order valence-electron chi connectivity index (χ4n) is 0. The van der Waals surface area contributed by atoms with Crippen LogP contribution in [0, 0.1) is 0 Å². The lowest BCUT2D eigenvalue weighted by Crippen LogP contribution is -2.28. The third-order valence-electron chi connectivity index (χ3n) is 0. The maximum atomic E-state index is 8.40. The van der Waals surface area contributed by atoms with E-state index in [2.05, 4.69) is 0 Å². The van der Waals surface area contributed by atoms with E-state index >= 15 is 0 Å². The Hall–Kier alpha value is 0.0506. The summed E-state index contributed by atoms with van der Waals surface area (Å²) >= 11 is 0. The summed E-state index contributed by atoms with van der Waals surface area (Å²) in [5.74, 6) is 0. The van der Waals surface area contributed by atoms with Crippen LogP contribution >= 0.6 is 0 Å². The summed E-state index contributed by atoms with van der Waals surface area (Å²) in [6.07, 6.45) is 0. The molecule has 0 unspecified atom stereocenters. The highest BCUT2D eigenvalue weighted by Gasteiger charge is 2.14. The van der Waals surface area contributed by atoms with Crippen molar-refractivity contribution in [1.29, 1.82) is 0 Å². The summed E-state index contributed by atoms with van der Waals surface area (Å²) in [7, 11) is -7.64. The van der Waals surface area contributed by atoms with Crippen molar-refractivity contribution in [3.8, 4) is 0 Å². The molecule has 13 heavy (non-hydrogen) atoms. The molecule has 0 spiro atoms. The van der Waals surface area contributed by atoms with Crippen molar-refractivity contribution in [2.24, 2.45) is 0 Å². The Kier molecular flexibility index (Phi) is 12.5. The van der Waals surface area contributed by atoms with Crippen LogP contribution in [0.15, 0.2) is 0 Å². The van der Waals surface area contributed by atoms with Crippen LogP contribution in [0.4, 0.5) is 0 Å². The van der Waals surface area contributed by atoms with Crippen LogP contribution in [0.25, 0.3) is 0 Å². The van der Waals surface area contributed by atoms with Gasteiger partial charge in [0.2, 0.25) is 0 Å². The van der Waals surface area contributed by atoms with E-state index in [1.165, 1.54) is 13.1 Å². The van der Waals surface area contributed by atoms with Crippen molar-refractivity contribution < 1.29 is 32.9 Å². The minimum atomic E-state index is -3.61. The quantitative estimate of drug-likeness (QED) is 0.300. The SMILES string of the molecule is C[Si](C)(O)O.C[Si](O)(O)O.O=[Si]=O. The molecule has 5 N–H and O–H groups in total. The lowest BCUT2D eigenvalue weighted by atomic mass is 11.9. The first-order valence-corrected chi connectivity index (χ1v) is 9.08. The van der Waals surface area contributed by atoms with E-state index in [0.717, 1.165) is 6.55 Å². The van der Waals surface area contributed by atoms with Crippen LogP contribution in [-0.4, -0.2) is 50.6 Å². The van der Waals surface area contributed by atoms with Gasteiger partial charge in [0, 0.05) is 6.55 Å². The molecule has 10 heteroatoms. The molecule has 80 valence electrons.